The number of rotatable bonds is 4. The summed E-state index contributed by atoms with van der Waals surface area (Å²) >= 11 is 0. The van der Waals surface area contributed by atoms with Crippen molar-refractivity contribution in [1.82, 2.24) is 9.62 Å². The lowest BCUT2D eigenvalue weighted by Crippen LogP contribution is -2.39. The van der Waals surface area contributed by atoms with Crippen molar-refractivity contribution in [2.75, 3.05) is 13.1 Å². The Morgan fingerprint density at radius 1 is 1.18 bits per heavy atom. The summed E-state index contributed by atoms with van der Waals surface area (Å²) in [6, 6.07) is 6.56. The number of sulfonamides is 1. The molecule has 0 aromatic heterocycles. The normalized spacial score (nSPS) is 23.2. The average Bonchev–Trinajstić information content (AvgIpc) is 3.31. The van der Waals surface area contributed by atoms with Gasteiger partial charge in [0.2, 0.25) is 10.0 Å². The monoisotopic (exact) mass is 322 g/mol. The van der Waals surface area contributed by atoms with Crippen LogP contribution in [0.25, 0.3) is 0 Å². The zero-order valence-electron chi connectivity index (χ0n) is 12.8. The highest BCUT2D eigenvalue weighted by Gasteiger charge is 2.29. The van der Waals surface area contributed by atoms with Crippen LogP contribution in [0.4, 0.5) is 0 Å². The predicted octanol–water partition coefficient (Wildman–Crippen LogP) is 2.00. The van der Waals surface area contributed by atoms with Gasteiger partial charge in [-0.25, -0.2) is 8.42 Å². The third-order valence-electron chi connectivity index (χ3n) is 4.29. The van der Waals surface area contributed by atoms with Crippen LogP contribution in [0, 0.1) is 5.92 Å². The molecule has 1 aliphatic heterocycles. The largest absolute Gasteiger partial charge is 0.349 e. The molecule has 1 aromatic rings. The van der Waals surface area contributed by atoms with E-state index in [9.17, 15) is 13.2 Å². The number of nitrogens with one attached hydrogen (secondary N) is 1. The molecule has 0 spiro atoms. The maximum absolute atomic E-state index is 12.6. The van der Waals surface area contributed by atoms with Gasteiger partial charge < -0.3 is 5.32 Å². The van der Waals surface area contributed by atoms with Gasteiger partial charge >= 0.3 is 0 Å². The highest BCUT2D eigenvalue weighted by atomic mass is 32.2. The van der Waals surface area contributed by atoms with E-state index >= 15 is 0 Å². The summed E-state index contributed by atoms with van der Waals surface area (Å²) in [5.74, 6) is 0.269. The lowest BCUT2D eigenvalue weighted by molar-refractivity contribution is 0.0951. The standard InChI is InChI=1S/C16H22N2O3S/c1-12-3-2-10-18(11-12)22(20,21)15-8-4-13(5-9-15)16(19)17-14-6-7-14/h4-5,8-9,12,14H,2-3,6-7,10-11H2,1H3,(H,17,19). The molecule has 0 bridgehead atoms. The quantitative estimate of drug-likeness (QED) is 0.922. The second kappa shape index (κ2) is 6.01. The molecule has 6 heteroatoms. The minimum atomic E-state index is -3.45. The van der Waals surface area contributed by atoms with Crippen LogP contribution in [-0.4, -0.2) is 37.8 Å². The van der Waals surface area contributed by atoms with E-state index in [-0.39, 0.29) is 10.8 Å². The minimum absolute atomic E-state index is 0.127. The summed E-state index contributed by atoms with van der Waals surface area (Å²) in [5.41, 5.74) is 0.512. The number of piperidine rings is 1. The Morgan fingerprint density at radius 2 is 1.86 bits per heavy atom. The van der Waals surface area contributed by atoms with Gasteiger partial charge in [0.25, 0.3) is 5.91 Å². The van der Waals surface area contributed by atoms with Gasteiger partial charge in [0.15, 0.2) is 0 Å². The molecule has 1 saturated heterocycles. The number of nitrogens with zero attached hydrogens (tertiary/aromatic N) is 1. The Balaban J connectivity index is 1.74. The van der Waals surface area contributed by atoms with Crippen molar-refractivity contribution in [3.05, 3.63) is 29.8 Å². The number of hydrogen-bond donors (Lipinski definition) is 1. The van der Waals surface area contributed by atoms with Crippen molar-refractivity contribution in [2.24, 2.45) is 5.92 Å². The molecule has 1 aliphatic carbocycles. The van der Waals surface area contributed by atoms with E-state index in [1.165, 1.54) is 12.1 Å². The Labute approximate surface area is 131 Å². The summed E-state index contributed by atoms with van der Waals surface area (Å²) in [6.07, 6.45) is 4.05. The molecule has 22 heavy (non-hydrogen) atoms. The second-order valence-electron chi connectivity index (χ2n) is 6.38. The van der Waals surface area contributed by atoms with Gasteiger partial charge in [-0.05, 0) is 55.9 Å². The third kappa shape index (κ3) is 3.33. The summed E-state index contributed by atoms with van der Waals surface area (Å²) in [6.45, 7) is 3.23. The van der Waals surface area contributed by atoms with Crippen molar-refractivity contribution in [1.29, 1.82) is 0 Å². The summed E-state index contributed by atoms with van der Waals surface area (Å²) in [7, 11) is -3.45. The van der Waals surface area contributed by atoms with Crippen LogP contribution in [-0.2, 0) is 10.0 Å². The van der Waals surface area contributed by atoms with E-state index in [0.717, 1.165) is 25.7 Å². The number of carbonyl (C=O) groups excluding carboxylic acids is 1. The second-order valence-corrected chi connectivity index (χ2v) is 8.32. The molecule has 120 valence electrons. The van der Waals surface area contributed by atoms with E-state index in [0.29, 0.717) is 30.6 Å². The molecule has 1 saturated carbocycles. The molecule has 1 heterocycles. The highest BCUT2D eigenvalue weighted by molar-refractivity contribution is 7.89. The topological polar surface area (TPSA) is 66.5 Å². The zero-order valence-corrected chi connectivity index (χ0v) is 13.6. The van der Waals surface area contributed by atoms with Crippen LogP contribution < -0.4 is 5.32 Å². The van der Waals surface area contributed by atoms with E-state index in [2.05, 4.69) is 12.2 Å². The van der Waals surface area contributed by atoms with Gasteiger partial charge in [0.1, 0.15) is 0 Å². The number of benzene rings is 1. The van der Waals surface area contributed by atoms with Crippen LogP contribution in [0.15, 0.2) is 29.2 Å². The SMILES string of the molecule is CC1CCCN(S(=O)(=O)c2ccc(C(=O)NC3CC3)cc2)C1. The average molecular weight is 322 g/mol. The van der Waals surface area contributed by atoms with Gasteiger partial charge in [-0.2, -0.15) is 4.31 Å². The van der Waals surface area contributed by atoms with Gasteiger partial charge in [-0.3, -0.25) is 4.79 Å². The molecule has 1 amide bonds. The first-order valence-electron chi connectivity index (χ1n) is 7.88. The molecule has 0 radical (unpaired) electrons. The Bertz CT molecular complexity index is 650. The van der Waals surface area contributed by atoms with E-state index in [4.69, 9.17) is 0 Å². The fourth-order valence-electron chi connectivity index (χ4n) is 2.79. The number of amides is 1. The van der Waals surface area contributed by atoms with Crippen molar-refractivity contribution in [3.8, 4) is 0 Å². The molecular weight excluding hydrogens is 300 g/mol. The summed E-state index contributed by atoms with van der Waals surface area (Å²) < 4.78 is 26.8. The summed E-state index contributed by atoms with van der Waals surface area (Å²) in [4.78, 5) is 12.2. The Kier molecular flexibility index (Phi) is 4.23. The van der Waals surface area contributed by atoms with Crippen molar-refractivity contribution < 1.29 is 13.2 Å². The summed E-state index contributed by atoms with van der Waals surface area (Å²) in [5, 5.41) is 2.90. The smallest absolute Gasteiger partial charge is 0.251 e. The molecule has 2 fully saturated rings. The first-order valence-corrected chi connectivity index (χ1v) is 9.32. The fraction of sp³-hybridized carbons (Fsp3) is 0.562. The molecule has 1 N–H and O–H groups in total. The maximum atomic E-state index is 12.6. The van der Waals surface area contributed by atoms with Gasteiger partial charge in [0, 0.05) is 24.7 Å². The van der Waals surface area contributed by atoms with E-state index in [1.807, 2.05) is 0 Å². The zero-order chi connectivity index (χ0) is 15.7. The Morgan fingerprint density at radius 3 is 2.45 bits per heavy atom. The fourth-order valence-corrected chi connectivity index (χ4v) is 4.39. The van der Waals surface area contributed by atoms with Crippen LogP contribution in [0.5, 0.6) is 0 Å². The molecule has 2 aliphatic rings. The lowest BCUT2D eigenvalue weighted by atomic mass is 10.0. The Hall–Kier alpha value is -1.40. The molecule has 1 unspecified atom stereocenters. The van der Waals surface area contributed by atoms with Crippen molar-refractivity contribution >= 4 is 15.9 Å². The lowest BCUT2D eigenvalue weighted by Gasteiger charge is -2.30. The van der Waals surface area contributed by atoms with Crippen LogP contribution >= 0.6 is 0 Å². The van der Waals surface area contributed by atoms with Gasteiger partial charge in [-0.15, -0.1) is 0 Å². The highest BCUT2D eigenvalue weighted by Crippen LogP contribution is 2.24. The molecule has 1 atom stereocenters. The first kappa shape index (κ1) is 15.5. The predicted molar refractivity (Wildman–Crippen MR) is 84.1 cm³/mol. The molecule has 3 rings (SSSR count). The molecule has 5 nitrogen and oxygen atoms in total. The van der Waals surface area contributed by atoms with E-state index < -0.39 is 10.0 Å². The molecular formula is C16H22N2O3S. The molecule has 1 aromatic carbocycles. The van der Waals surface area contributed by atoms with Crippen molar-refractivity contribution in [2.45, 2.75) is 43.5 Å². The van der Waals surface area contributed by atoms with Crippen LogP contribution in [0.3, 0.4) is 0 Å². The van der Waals surface area contributed by atoms with Crippen LogP contribution in [0.1, 0.15) is 43.0 Å². The number of hydrogen-bond acceptors (Lipinski definition) is 3. The first-order chi connectivity index (χ1) is 10.5. The van der Waals surface area contributed by atoms with Gasteiger partial charge in [-0.1, -0.05) is 6.92 Å². The van der Waals surface area contributed by atoms with Crippen molar-refractivity contribution in [3.63, 3.8) is 0 Å². The van der Waals surface area contributed by atoms with Crippen LogP contribution in [0.2, 0.25) is 0 Å². The minimum Gasteiger partial charge on any atom is -0.349 e. The maximum Gasteiger partial charge on any atom is 0.251 e. The third-order valence-corrected chi connectivity index (χ3v) is 6.17. The van der Waals surface area contributed by atoms with E-state index in [1.54, 1.807) is 16.4 Å². The number of carbonyl (C=O) groups is 1. The van der Waals surface area contributed by atoms with Gasteiger partial charge in [0.05, 0.1) is 4.90 Å².